The maximum atomic E-state index is 11.5. The van der Waals surface area contributed by atoms with Crippen LogP contribution in [0.4, 0.5) is 0 Å². The molecule has 0 N–H and O–H groups in total. The van der Waals surface area contributed by atoms with Gasteiger partial charge in [0.25, 0.3) is 5.82 Å². The van der Waals surface area contributed by atoms with Crippen LogP contribution < -0.4 is 0 Å². The second-order valence-electron chi connectivity index (χ2n) is 3.45. The SMILES string of the molecule is CCOC(=O)COC(=O)c1ncn(CC(=O)OCC)n1. The molecule has 1 aromatic heterocycles. The molecule has 0 fully saturated rings. The highest BCUT2D eigenvalue weighted by molar-refractivity contribution is 5.86. The van der Waals surface area contributed by atoms with Crippen LogP contribution in [0, 0.1) is 0 Å². The van der Waals surface area contributed by atoms with E-state index < -0.39 is 24.5 Å². The molecule has 0 aromatic carbocycles. The lowest BCUT2D eigenvalue weighted by atomic mass is 10.6. The highest BCUT2D eigenvalue weighted by atomic mass is 16.6. The average molecular weight is 285 g/mol. The molecule has 9 nitrogen and oxygen atoms in total. The van der Waals surface area contributed by atoms with E-state index in [1.54, 1.807) is 13.8 Å². The van der Waals surface area contributed by atoms with Gasteiger partial charge in [-0.25, -0.2) is 19.3 Å². The first-order chi connectivity index (χ1) is 9.56. The molecule has 0 aliphatic carbocycles. The van der Waals surface area contributed by atoms with Crippen LogP contribution in [0.15, 0.2) is 6.33 Å². The lowest BCUT2D eigenvalue weighted by molar-refractivity contribution is -0.146. The molecule has 20 heavy (non-hydrogen) atoms. The number of carbonyl (C=O) groups is 3. The number of rotatable bonds is 7. The number of carbonyl (C=O) groups excluding carboxylic acids is 3. The van der Waals surface area contributed by atoms with E-state index in [4.69, 9.17) is 4.74 Å². The molecular formula is C11H15N3O6. The zero-order valence-electron chi connectivity index (χ0n) is 11.2. The van der Waals surface area contributed by atoms with Gasteiger partial charge in [0.1, 0.15) is 12.9 Å². The number of hydrogen-bond donors (Lipinski definition) is 0. The molecule has 0 spiro atoms. The van der Waals surface area contributed by atoms with Crippen molar-refractivity contribution in [2.45, 2.75) is 20.4 Å². The van der Waals surface area contributed by atoms with Gasteiger partial charge in [-0.2, -0.15) is 0 Å². The summed E-state index contributed by atoms with van der Waals surface area (Å²) in [4.78, 5) is 37.3. The van der Waals surface area contributed by atoms with Crippen molar-refractivity contribution in [1.29, 1.82) is 0 Å². The zero-order valence-corrected chi connectivity index (χ0v) is 11.2. The summed E-state index contributed by atoms with van der Waals surface area (Å²) in [5, 5.41) is 3.73. The lowest BCUT2D eigenvalue weighted by Gasteiger charge is -2.02. The maximum Gasteiger partial charge on any atom is 0.378 e. The first-order valence-corrected chi connectivity index (χ1v) is 5.94. The summed E-state index contributed by atoms with van der Waals surface area (Å²) in [5.41, 5.74) is 0. The van der Waals surface area contributed by atoms with Gasteiger partial charge >= 0.3 is 17.9 Å². The predicted octanol–water partition coefficient (Wildman–Crippen LogP) is -0.439. The topological polar surface area (TPSA) is 110 Å². The van der Waals surface area contributed by atoms with E-state index in [9.17, 15) is 14.4 Å². The van der Waals surface area contributed by atoms with E-state index >= 15 is 0 Å². The van der Waals surface area contributed by atoms with E-state index in [1.807, 2.05) is 0 Å². The molecule has 9 heteroatoms. The Labute approximate surface area is 114 Å². The third-order valence-corrected chi connectivity index (χ3v) is 1.94. The Morgan fingerprint density at radius 3 is 2.40 bits per heavy atom. The van der Waals surface area contributed by atoms with Crippen molar-refractivity contribution in [1.82, 2.24) is 14.8 Å². The van der Waals surface area contributed by atoms with Crippen LogP contribution in [0.1, 0.15) is 24.5 Å². The van der Waals surface area contributed by atoms with Crippen LogP contribution in [0.25, 0.3) is 0 Å². The van der Waals surface area contributed by atoms with E-state index in [2.05, 4.69) is 19.6 Å². The molecule has 0 aliphatic rings. The average Bonchev–Trinajstić information content (AvgIpc) is 2.85. The fourth-order valence-electron chi connectivity index (χ4n) is 1.19. The molecule has 0 saturated heterocycles. The number of hydrogen-bond acceptors (Lipinski definition) is 8. The summed E-state index contributed by atoms with van der Waals surface area (Å²) >= 11 is 0. The zero-order chi connectivity index (χ0) is 15.0. The maximum absolute atomic E-state index is 11.5. The van der Waals surface area contributed by atoms with E-state index in [0.717, 1.165) is 4.68 Å². The summed E-state index contributed by atoms with van der Waals surface area (Å²) < 4.78 is 15.1. The fourth-order valence-corrected chi connectivity index (χ4v) is 1.19. The summed E-state index contributed by atoms with van der Waals surface area (Å²) in [7, 11) is 0. The third-order valence-electron chi connectivity index (χ3n) is 1.94. The Morgan fingerprint density at radius 2 is 1.75 bits per heavy atom. The molecule has 0 radical (unpaired) electrons. The quantitative estimate of drug-likeness (QED) is 0.490. The molecule has 1 heterocycles. The Kier molecular flexibility index (Phi) is 6.14. The van der Waals surface area contributed by atoms with Crippen molar-refractivity contribution in [2.75, 3.05) is 19.8 Å². The summed E-state index contributed by atoms with van der Waals surface area (Å²) in [5.74, 6) is -2.28. The molecule has 110 valence electrons. The molecule has 1 rings (SSSR count). The summed E-state index contributed by atoms with van der Waals surface area (Å²) in [6.45, 7) is 3.09. The van der Waals surface area contributed by atoms with Gasteiger partial charge in [-0.3, -0.25) is 4.79 Å². The Bertz CT molecular complexity index is 484. The van der Waals surface area contributed by atoms with Crippen LogP contribution >= 0.6 is 0 Å². The second-order valence-corrected chi connectivity index (χ2v) is 3.45. The number of nitrogens with zero attached hydrogens (tertiary/aromatic N) is 3. The molecule has 0 unspecified atom stereocenters. The van der Waals surface area contributed by atoms with Gasteiger partial charge in [0.05, 0.1) is 13.2 Å². The van der Waals surface area contributed by atoms with Crippen LogP contribution in [-0.2, 0) is 30.3 Å². The van der Waals surface area contributed by atoms with Crippen molar-refractivity contribution in [3.63, 3.8) is 0 Å². The minimum atomic E-state index is -0.874. The number of ether oxygens (including phenoxy) is 3. The molecular weight excluding hydrogens is 270 g/mol. The van der Waals surface area contributed by atoms with E-state index in [0.29, 0.717) is 0 Å². The van der Waals surface area contributed by atoms with Gasteiger partial charge in [-0.1, -0.05) is 0 Å². The smallest absolute Gasteiger partial charge is 0.378 e. The first-order valence-electron chi connectivity index (χ1n) is 5.94. The van der Waals surface area contributed by atoms with Gasteiger partial charge in [-0.05, 0) is 13.8 Å². The number of esters is 3. The van der Waals surface area contributed by atoms with Crippen LogP contribution in [0.5, 0.6) is 0 Å². The van der Waals surface area contributed by atoms with E-state index in [1.165, 1.54) is 6.33 Å². The third kappa shape index (κ3) is 5.04. The monoisotopic (exact) mass is 285 g/mol. The summed E-state index contributed by atoms with van der Waals surface area (Å²) in [6.07, 6.45) is 1.19. The normalized spacial score (nSPS) is 9.90. The van der Waals surface area contributed by atoms with Crippen molar-refractivity contribution in [2.24, 2.45) is 0 Å². The van der Waals surface area contributed by atoms with Gasteiger partial charge < -0.3 is 14.2 Å². The second kappa shape index (κ2) is 7.87. The van der Waals surface area contributed by atoms with E-state index in [-0.39, 0.29) is 25.6 Å². The molecule has 0 aliphatic heterocycles. The summed E-state index contributed by atoms with van der Waals surface area (Å²) in [6, 6.07) is 0. The predicted molar refractivity (Wildman–Crippen MR) is 63.6 cm³/mol. The minimum Gasteiger partial charge on any atom is -0.465 e. The fraction of sp³-hybridized carbons (Fsp3) is 0.545. The Morgan fingerprint density at radius 1 is 1.10 bits per heavy atom. The van der Waals surface area contributed by atoms with Gasteiger partial charge in [-0.15, -0.1) is 5.10 Å². The molecule has 0 atom stereocenters. The molecule has 1 aromatic rings. The molecule has 0 saturated carbocycles. The Balaban J connectivity index is 2.47. The number of aromatic nitrogens is 3. The lowest BCUT2D eigenvalue weighted by Crippen LogP contribution is -2.18. The molecule has 0 bridgehead atoms. The highest BCUT2D eigenvalue weighted by Crippen LogP contribution is 1.95. The minimum absolute atomic E-state index is 0.161. The van der Waals surface area contributed by atoms with Crippen molar-refractivity contribution < 1.29 is 28.6 Å². The van der Waals surface area contributed by atoms with Crippen LogP contribution in [0.2, 0.25) is 0 Å². The van der Waals surface area contributed by atoms with Crippen LogP contribution in [-0.4, -0.2) is 52.5 Å². The van der Waals surface area contributed by atoms with Crippen LogP contribution in [0.3, 0.4) is 0 Å². The van der Waals surface area contributed by atoms with Gasteiger partial charge in [0.15, 0.2) is 6.61 Å². The van der Waals surface area contributed by atoms with Gasteiger partial charge in [0.2, 0.25) is 0 Å². The first kappa shape index (κ1) is 15.6. The largest absolute Gasteiger partial charge is 0.465 e. The standard InChI is InChI=1S/C11H15N3O6/c1-3-18-8(15)5-14-7-12-10(13-14)11(17)20-6-9(16)19-4-2/h7H,3-6H2,1-2H3. The van der Waals surface area contributed by atoms with Gasteiger partial charge in [0, 0.05) is 0 Å². The highest BCUT2D eigenvalue weighted by Gasteiger charge is 2.16. The van der Waals surface area contributed by atoms with Crippen molar-refractivity contribution >= 4 is 17.9 Å². The van der Waals surface area contributed by atoms with Crippen molar-refractivity contribution in [3.05, 3.63) is 12.2 Å². The van der Waals surface area contributed by atoms with Crippen molar-refractivity contribution in [3.8, 4) is 0 Å². The Hall–Kier alpha value is -2.45. The molecule has 0 amide bonds.